The van der Waals surface area contributed by atoms with E-state index in [0.29, 0.717) is 12.6 Å². The van der Waals surface area contributed by atoms with Crippen LogP contribution in [0.4, 0.5) is 4.79 Å². The third-order valence-electron chi connectivity index (χ3n) is 5.55. The molecule has 3 rings (SSSR count). The average Bonchev–Trinajstić information content (AvgIpc) is 2.46. The van der Waals surface area contributed by atoms with Gasteiger partial charge in [-0.3, -0.25) is 4.90 Å². The molecule has 3 fully saturated rings. The first-order valence-electron chi connectivity index (χ1n) is 9.35. The van der Waals surface area contributed by atoms with Gasteiger partial charge in [0.25, 0.3) is 0 Å². The number of nitrogens with one attached hydrogen (secondary N) is 1. The first kappa shape index (κ1) is 18.0. The molecule has 6 nitrogen and oxygen atoms in total. The molecule has 138 valence electrons. The molecule has 0 bridgehead atoms. The summed E-state index contributed by atoms with van der Waals surface area (Å²) < 4.78 is 11.3. The molecule has 6 heteroatoms. The maximum Gasteiger partial charge on any atom is 0.410 e. The van der Waals surface area contributed by atoms with E-state index in [1.165, 1.54) is 19.3 Å². The maximum absolute atomic E-state index is 12.5. The Labute approximate surface area is 145 Å². The van der Waals surface area contributed by atoms with E-state index in [1.54, 1.807) is 0 Å². The highest BCUT2D eigenvalue weighted by Gasteiger charge is 2.45. The number of carbonyl (C=O) groups excluding carboxylic acids is 1. The molecular formula is C18H33N3O3. The third-order valence-corrected chi connectivity index (χ3v) is 5.55. The molecule has 0 unspecified atom stereocenters. The number of amides is 1. The van der Waals surface area contributed by atoms with Crippen LogP contribution in [0, 0.1) is 0 Å². The molecule has 0 aromatic heterocycles. The Morgan fingerprint density at radius 3 is 2.75 bits per heavy atom. The Morgan fingerprint density at radius 2 is 2.12 bits per heavy atom. The fourth-order valence-corrected chi connectivity index (χ4v) is 3.99. The van der Waals surface area contributed by atoms with Crippen molar-refractivity contribution in [3.63, 3.8) is 0 Å². The molecule has 0 aromatic rings. The normalized spacial score (nSPS) is 30.9. The summed E-state index contributed by atoms with van der Waals surface area (Å²) in [6.45, 7) is 13.0. The summed E-state index contributed by atoms with van der Waals surface area (Å²) >= 11 is 0. The minimum Gasteiger partial charge on any atom is -0.444 e. The summed E-state index contributed by atoms with van der Waals surface area (Å²) in [5.41, 5.74) is -0.183. The number of hydrogen-bond donors (Lipinski definition) is 1. The lowest BCUT2D eigenvalue weighted by Crippen LogP contribution is -2.66. The van der Waals surface area contributed by atoms with Crippen LogP contribution in [-0.4, -0.2) is 78.5 Å². The number of nitrogens with zero attached hydrogens (tertiary/aromatic N) is 2. The van der Waals surface area contributed by atoms with Gasteiger partial charge in [0.1, 0.15) is 5.60 Å². The summed E-state index contributed by atoms with van der Waals surface area (Å²) in [6.07, 6.45) is 3.60. The van der Waals surface area contributed by atoms with E-state index >= 15 is 0 Å². The van der Waals surface area contributed by atoms with Gasteiger partial charge >= 0.3 is 6.09 Å². The quantitative estimate of drug-likeness (QED) is 0.832. The van der Waals surface area contributed by atoms with Gasteiger partial charge in [0, 0.05) is 43.8 Å². The first-order valence-corrected chi connectivity index (χ1v) is 9.35. The van der Waals surface area contributed by atoms with Crippen molar-refractivity contribution in [3.05, 3.63) is 0 Å². The van der Waals surface area contributed by atoms with Crippen LogP contribution < -0.4 is 5.32 Å². The molecule has 1 spiro atoms. The number of hydrogen-bond acceptors (Lipinski definition) is 5. The molecule has 2 aliphatic heterocycles. The average molecular weight is 339 g/mol. The van der Waals surface area contributed by atoms with Crippen LogP contribution in [0.25, 0.3) is 0 Å². The van der Waals surface area contributed by atoms with Gasteiger partial charge in [-0.05, 0) is 47.0 Å². The molecule has 1 N–H and O–H groups in total. The minimum atomic E-state index is -0.447. The van der Waals surface area contributed by atoms with Crippen LogP contribution >= 0.6 is 0 Å². The summed E-state index contributed by atoms with van der Waals surface area (Å²) in [6, 6.07) is 0.461. The van der Waals surface area contributed by atoms with E-state index in [9.17, 15) is 4.79 Å². The van der Waals surface area contributed by atoms with Crippen molar-refractivity contribution in [2.45, 2.75) is 70.2 Å². The zero-order chi connectivity index (χ0) is 17.4. The van der Waals surface area contributed by atoms with Gasteiger partial charge in [-0.25, -0.2) is 4.79 Å². The molecule has 3 aliphatic rings. The fourth-order valence-electron chi connectivity index (χ4n) is 3.99. The second kappa shape index (κ2) is 6.81. The van der Waals surface area contributed by atoms with E-state index in [1.807, 2.05) is 25.7 Å². The highest BCUT2D eigenvalue weighted by Crippen LogP contribution is 2.39. The largest absolute Gasteiger partial charge is 0.444 e. The van der Waals surface area contributed by atoms with Crippen LogP contribution in [0.3, 0.4) is 0 Å². The molecule has 24 heavy (non-hydrogen) atoms. The molecule has 1 amide bonds. The summed E-state index contributed by atoms with van der Waals surface area (Å²) in [5, 5.41) is 3.62. The first-order chi connectivity index (χ1) is 11.3. The van der Waals surface area contributed by atoms with Gasteiger partial charge < -0.3 is 19.7 Å². The number of piperazine rings is 1. The van der Waals surface area contributed by atoms with E-state index in [-0.39, 0.29) is 17.7 Å². The Morgan fingerprint density at radius 1 is 1.38 bits per heavy atom. The lowest BCUT2D eigenvalue weighted by Gasteiger charge is -2.54. The van der Waals surface area contributed by atoms with Crippen molar-refractivity contribution in [2.75, 3.05) is 39.4 Å². The lowest BCUT2D eigenvalue weighted by atomic mass is 9.75. The van der Waals surface area contributed by atoms with Crippen LogP contribution in [0.1, 0.15) is 47.0 Å². The fraction of sp³-hybridized carbons (Fsp3) is 0.944. The van der Waals surface area contributed by atoms with Gasteiger partial charge in [-0.2, -0.15) is 0 Å². The second-order valence-electron chi connectivity index (χ2n) is 8.66. The Bertz CT molecular complexity index is 459. The van der Waals surface area contributed by atoms with Crippen molar-refractivity contribution in [1.82, 2.24) is 15.1 Å². The lowest BCUT2D eigenvalue weighted by molar-refractivity contribution is -0.111. The van der Waals surface area contributed by atoms with Crippen molar-refractivity contribution in [3.8, 4) is 0 Å². The Hall–Kier alpha value is -0.850. The number of ether oxygens (including phenoxy) is 2. The molecule has 2 atom stereocenters. The highest BCUT2D eigenvalue weighted by atomic mass is 16.6. The third kappa shape index (κ3) is 3.86. The Kier molecular flexibility index (Phi) is 5.09. The molecule has 0 radical (unpaired) electrons. The summed E-state index contributed by atoms with van der Waals surface area (Å²) in [4.78, 5) is 17.0. The standard InChI is InChI=1S/C18H33N3O3/c1-14-10-19-15(12-21(14)16(22)24-17(2,3)4)11-20-8-9-23-13-18(20)6-5-7-18/h14-15,19H,5-13H2,1-4H3/t14-,15+/m1/s1. The van der Waals surface area contributed by atoms with Gasteiger partial charge in [0.15, 0.2) is 0 Å². The maximum atomic E-state index is 12.5. The zero-order valence-corrected chi connectivity index (χ0v) is 15.6. The van der Waals surface area contributed by atoms with Gasteiger partial charge in [-0.1, -0.05) is 0 Å². The van der Waals surface area contributed by atoms with Crippen LogP contribution in [0.5, 0.6) is 0 Å². The predicted octanol–water partition coefficient (Wildman–Crippen LogP) is 1.84. The zero-order valence-electron chi connectivity index (χ0n) is 15.6. The van der Waals surface area contributed by atoms with Crippen molar-refractivity contribution >= 4 is 6.09 Å². The van der Waals surface area contributed by atoms with Crippen LogP contribution in [-0.2, 0) is 9.47 Å². The number of carbonyl (C=O) groups is 1. The van der Waals surface area contributed by atoms with Crippen LogP contribution in [0.2, 0.25) is 0 Å². The smallest absolute Gasteiger partial charge is 0.410 e. The highest BCUT2D eigenvalue weighted by molar-refractivity contribution is 5.68. The molecule has 2 heterocycles. The molecule has 1 aliphatic carbocycles. The Balaban J connectivity index is 1.59. The molecule has 2 saturated heterocycles. The van der Waals surface area contributed by atoms with Crippen molar-refractivity contribution in [1.29, 1.82) is 0 Å². The summed E-state index contributed by atoms with van der Waals surface area (Å²) in [5.74, 6) is 0. The van der Waals surface area contributed by atoms with Crippen LogP contribution in [0.15, 0.2) is 0 Å². The molecular weight excluding hydrogens is 306 g/mol. The SMILES string of the molecule is C[C@@H]1CN[C@@H](CN2CCOCC23CCC3)CN1C(=O)OC(C)(C)C. The van der Waals surface area contributed by atoms with Crippen molar-refractivity contribution in [2.24, 2.45) is 0 Å². The predicted molar refractivity (Wildman–Crippen MR) is 93.2 cm³/mol. The minimum absolute atomic E-state index is 0.165. The summed E-state index contributed by atoms with van der Waals surface area (Å²) in [7, 11) is 0. The molecule has 0 aromatic carbocycles. The molecule has 1 saturated carbocycles. The van der Waals surface area contributed by atoms with E-state index in [0.717, 1.165) is 32.8 Å². The van der Waals surface area contributed by atoms with Gasteiger partial charge in [-0.15, -0.1) is 0 Å². The van der Waals surface area contributed by atoms with E-state index in [4.69, 9.17) is 9.47 Å². The van der Waals surface area contributed by atoms with Gasteiger partial charge in [0.2, 0.25) is 0 Å². The van der Waals surface area contributed by atoms with E-state index < -0.39 is 5.60 Å². The number of rotatable bonds is 2. The number of morpholine rings is 1. The van der Waals surface area contributed by atoms with Crippen molar-refractivity contribution < 1.29 is 14.3 Å². The monoisotopic (exact) mass is 339 g/mol. The van der Waals surface area contributed by atoms with Gasteiger partial charge in [0.05, 0.1) is 13.2 Å². The van der Waals surface area contributed by atoms with E-state index in [2.05, 4.69) is 17.1 Å². The second-order valence-corrected chi connectivity index (χ2v) is 8.66. The topological polar surface area (TPSA) is 54.0 Å².